The van der Waals surface area contributed by atoms with E-state index < -0.39 is 6.10 Å². The first-order valence-electron chi connectivity index (χ1n) is 8.42. The van der Waals surface area contributed by atoms with Gasteiger partial charge in [0, 0.05) is 23.6 Å². The number of rotatable bonds is 1. The van der Waals surface area contributed by atoms with Gasteiger partial charge in [-0.1, -0.05) is 6.07 Å². The van der Waals surface area contributed by atoms with E-state index >= 15 is 0 Å². The second-order valence-corrected chi connectivity index (χ2v) is 7.28. The van der Waals surface area contributed by atoms with Crippen molar-refractivity contribution < 1.29 is 14.6 Å². The number of aliphatic hydroxyl groups is 1. The molecule has 5 atom stereocenters. The SMILES string of the molecule is COc1ccc2c3c1O[C@H]1[C@H](O)CC[C@H]4[C@@H](C2)N(C#N)CC[C@@]341. The lowest BCUT2D eigenvalue weighted by atomic mass is 9.51. The Morgan fingerprint density at radius 3 is 3.09 bits per heavy atom. The fourth-order valence-corrected chi connectivity index (χ4v) is 5.79. The first-order chi connectivity index (χ1) is 11.2. The average molecular weight is 312 g/mol. The van der Waals surface area contributed by atoms with Crippen LogP contribution in [-0.4, -0.2) is 41.9 Å². The number of methoxy groups -OCH3 is 1. The van der Waals surface area contributed by atoms with E-state index in [2.05, 4.69) is 12.3 Å². The van der Waals surface area contributed by atoms with E-state index in [4.69, 9.17) is 9.47 Å². The van der Waals surface area contributed by atoms with Crippen molar-refractivity contribution >= 4 is 0 Å². The molecule has 2 aliphatic carbocycles. The fraction of sp³-hybridized carbons (Fsp3) is 0.611. The van der Waals surface area contributed by atoms with Crippen LogP contribution in [0.25, 0.3) is 0 Å². The zero-order valence-corrected chi connectivity index (χ0v) is 13.2. The molecule has 2 aliphatic heterocycles. The van der Waals surface area contributed by atoms with E-state index in [0.717, 1.165) is 43.7 Å². The molecule has 0 unspecified atom stereocenters. The molecule has 2 bridgehead atoms. The Morgan fingerprint density at radius 2 is 2.30 bits per heavy atom. The highest BCUT2D eigenvalue weighted by molar-refractivity contribution is 5.61. The van der Waals surface area contributed by atoms with Crippen molar-refractivity contribution in [2.24, 2.45) is 5.92 Å². The lowest BCUT2D eigenvalue weighted by molar-refractivity contribution is -0.0942. The van der Waals surface area contributed by atoms with Crippen molar-refractivity contribution in [1.82, 2.24) is 4.90 Å². The largest absolute Gasteiger partial charge is 0.493 e. The second-order valence-electron chi connectivity index (χ2n) is 7.28. The first kappa shape index (κ1) is 13.5. The molecule has 5 rings (SSSR count). The number of hydrogen-bond donors (Lipinski definition) is 1. The fourth-order valence-electron chi connectivity index (χ4n) is 5.79. The number of nitrogens with zero attached hydrogens (tertiary/aromatic N) is 2. The number of likely N-dealkylation sites (tertiary alicyclic amines) is 1. The Balaban J connectivity index is 1.78. The predicted octanol–water partition coefficient (Wildman–Crippen LogP) is 1.58. The van der Waals surface area contributed by atoms with Crippen LogP contribution in [0.4, 0.5) is 0 Å². The van der Waals surface area contributed by atoms with Crippen molar-refractivity contribution in [1.29, 1.82) is 5.26 Å². The molecule has 120 valence electrons. The van der Waals surface area contributed by atoms with E-state index in [9.17, 15) is 10.4 Å². The van der Waals surface area contributed by atoms with Crippen LogP contribution in [0.3, 0.4) is 0 Å². The quantitative estimate of drug-likeness (QED) is 0.798. The third-order valence-electron chi connectivity index (χ3n) is 6.62. The van der Waals surface area contributed by atoms with Crippen LogP contribution in [0.1, 0.15) is 30.4 Å². The molecule has 0 aromatic heterocycles. The zero-order valence-electron chi connectivity index (χ0n) is 13.2. The van der Waals surface area contributed by atoms with Gasteiger partial charge in [-0.15, -0.1) is 0 Å². The maximum Gasteiger partial charge on any atom is 0.179 e. The first-order valence-corrected chi connectivity index (χ1v) is 8.42. The summed E-state index contributed by atoms with van der Waals surface area (Å²) in [6.45, 7) is 0.750. The lowest BCUT2D eigenvalue weighted by Gasteiger charge is -2.57. The molecule has 0 amide bonds. The molecule has 1 saturated carbocycles. The summed E-state index contributed by atoms with van der Waals surface area (Å²) in [6, 6.07) is 4.32. The molecule has 1 aromatic carbocycles. The van der Waals surface area contributed by atoms with Gasteiger partial charge in [0.1, 0.15) is 6.10 Å². The standard InChI is InChI=1S/C18H20N2O3/c1-22-14-5-2-10-8-12-11-3-4-13(21)17-18(11,6-7-20(12)9-19)15(10)16(14)23-17/h2,5,11-13,17,21H,3-4,6-8H2,1H3/t11-,12+,13+,17-,18-/m0/s1. The lowest BCUT2D eigenvalue weighted by Crippen LogP contribution is -2.66. The van der Waals surface area contributed by atoms with Gasteiger partial charge in [0.25, 0.3) is 0 Å². The summed E-state index contributed by atoms with van der Waals surface area (Å²) in [5, 5.41) is 20.2. The number of benzene rings is 1. The van der Waals surface area contributed by atoms with Crippen LogP contribution in [-0.2, 0) is 11.8 Å². The van der Waals surface area contributed by atoms with Gasteiger partial charge in [-0.25, -0.2) is 0 Å². The normalized spacial score (nSPS) is 39.3. The Morgan fingerprint density at radius 1 is 1.43 bits per heavy atom. The van der Waals surface area contributed by atoms with Crippen molar-refractivity contribution in [3.8, 4) is 17.7 Å². The van der Waals surface area contributed by atoms with Gasteiger partial charge in [0.2, 0.25) is 0 Å². The van der Waals surface area contributed by atoms with Crippen LogP contribution < -0.4 is 9.47 Å². The van der Waals surface area contributed by atoms with Gasteiger partial charge in [-0.2, -0.15) is 5.26 Å². The summed E-state index contributed by atoms with van der Waals surface area (Å²) in [7, 11) is 1.67. The van der Waals surface area contributed by atoms with E-state index in [1.54, 1.807) is 7.11 Å². The summed E-state index contributed by atoms with van der Waals surface area (Å²) in [6.07, 6.45) is 5.22. The van der Waals surface area contributed by atoms with Crippen LogP contribution in [0.5, 0.6) is 11.5 Å². The molecule has 5 heteroatoms. The minimum atomic E-state index is -0.441. The molecule has 2 fully saturated rings. The van der Waals surface area contributed by atoms with Crippen LogP contribution in [0, 0.1) is 17.4 Å². The summed E-state index contributed by atoms with van der Waals surface area (Å²) < 4.78 is 11.8. The molecule has 5 nitrogen and oxygen atoms in total. The van der Waals surface area contributed by atoms with Gasteiger partial charge in [-0.3, -0.25) is 0 Å². The van der Waals surface area contributed by atoms with Crippen molar-refractivity contribution in [3.63, 3.8) is 0 Å². The van der Waals surface area contributed by atoms with Crippen molar-refractivity contribution in [2.75, 3.05) is 13.7 Å². The molecule has 1 saturated heterocycles. The van der Waals surface area contributed by atoms with E-state index in [1.807, 2.05) is 11.0 Å². The summed E-state index contributed by atoms with van der Waals surface area (Å²) in [4.78, 5) is 1.95. The van der Waals surface area contributed by atoms with Gasteiger partial charge < -0.3 is 19.5 Å². The molecule has 23 heavy (non-hydrogen) atoms. The predicted molar refractivity (Wildman–Crippen MR) is 82.2 cm³/mol. The molecule has 4 aliphatic rings. The van der Waals surface area contributed by atoms with Crippen molar-refractivity contribution in [3.05, 3.63) is 23.3 Å². The monoisotopic (exact) mass is 312 g/mol. The molecule has 1 spiro atoms. The molecule has 2 heterocycles. The van der Waals surface area contributed by atoms with Crippen LogP contribution >= 0.6 is 0 Å². The third-order valence-corrected chi connectivity index (χ3v) is 6.62. The highest BCUT2D eigenvalue weighted by Gasteiger charge is 2.65. The maximum atomic E-state index is 10.6. The Bertz CT molecular complexity index is 728. The smallest absolute Gasteiger partial charge is 0.179 e. The molecule has 1 N–H and O–H groups in total. The molecule has 0 radical (unpaired) electrons. The van der Waals surface area contributed by atoms with E-state index in [-0.39, 0.29) is 17.6 Å². The Kier molecular flexibility index (Phi) is 2.54. The van der Waals surface area contributed by atoms with Gasteiger partial charge in [0.05, 0.1) is 13.2 Å². The highest BCUT2D eigenvalue weighted by Crippen LogP contribution is 2.63. The average Bonchev–Trinajstić information content (AvgIpc) is 2.91. The molecular weight excluding hydrogens is 292 g/mol. The minimum absolute atomic E-state index is 0.146. The zero-order chi connectivity index (χ0) is 15.8. The topological polar surface area (TPSA) is 65.7 Å². The van der Waals surface area contributed by atoms with E-state index in [0.29, 0.717) is 5.92 Å². The Labute approximate surface area is 135 Å². The number of piperidine rings is 1. The number of nitriles is 1. The van der Waals surface area contributed by atoms with Crippen molar-refractivity contribution in [2.45, 2.75) is 49.3 Å². The van der Waals surface area contributed by atoms with Crippen LogP contribution in [0.15, 0.2) is 12.1 Å². The van der Waals surface area contributed by atoms with Gasteiger partial charge >= 0.3 is 0 Å². The highest BCUT2D eigenvalue weighted by atomic mass is 16.5. The number of hydrogen-bond acceptors (Lipinski definition) is 5. The molecule has 1 aromatic rings. The van der Waals surface area contributed by atoms with Crippen LogP contribution in [0.2, 0.25) is 0 Å². The summed E-state index contributed by atoms with van der Waals surface area (Å²) >= 11 is 0. The van der Waals surface area contributed by atoms with Gasteiger partial charge in [-0.05, 0) is 43.2 Å². The second kappa shape index (κ2) is 4.33. The summed E-state index contributed by atoms with van der Waals surface area (Å²) in [5.74, 6) is 1.98. The van der Waals surface area contributed by atoms with E-state index in [1.165, 1.54) is 11.1 Å². The Hall–Kier alpha value is -1.93. The molecular formula is C18H20N2O3. The third kappa shape index (κ3) is 1.41. The number of ether oxygens (including phenoxy) is 2. The number of aliphatic hydroxyl groups excluding tert-OH is 1. The summed E-state index contributed by atoms with van der Waals surface area (Å²) in [5.41, 5.74) is 2.38. The maximum absolute atomic E-state index is 10.6. The minimum Gasteiger partial charge on any atom is -0.493 e. The van der Waals surface area contributed by atoms with Gasteiger partial charge in [0.15, 0.2) is 17.7 Å².